The zero-order valence-corrected chi connectivity index (χ0v) is 19.0. The number of carbonyl (C=O) groups excluding carboxylic acids is 3. The number of carbonyl (C=O) groups is 3. The molecular weight excluding hydrogens is 410 g/mol. The Morgan fingerprint density at radius 1 is 0.875 bits per heavy atom. The highest BCUT2D eigenvalue weighted by molar-refractivity contribution is 6.00. The fourth-order valence-corrected chi connectivity index (χ4v) is 2.76. The summed E-state index contributed by atoms with van der Waals surface area (Å²) < 4.78 is 10.5. The Kier molecular flexibility index (Phi) is 9.07. The molecule has 0 aromatic heterocycles. The van der Waals surface area contributed by atoms with Crippen LogP contribution >= 0.6 is 0 Å². The van der Waals surface area contributed by atoms with Gasteiger partial charge in [0.25, 0.3) is 0 Å². The first kappa shape index (κ1) is 24.7. The van der Waals surface area contributed by atoms with Gasteiger partial charge in [-0.1, -0.05) is 24.3 Å². The Morgan fingerprint density at radius 3 is 2.03 bits per heavy atom. The van der Waals surface area contributed by atoms with Gasteiger partial charge in [0.15, 0.2) is 0 Å². The molecule has 2 aromatic carbocycles. The molecule has 32 heavy (non-hydrogen) atoms. The minimum atomic E-state index is -0.602. The van der Waals surface area contributed by atoms with Crippen LogP contribution in [-0.2, 0) is 20.7 Å². The van der Waals surface area contributed by atoms with Crippen LogP contribution in [0.15, 0.2) is 48.5 Å². The van der Waals surface area contributed by atoms with Gasteiger partial charge in [-0.15, -0.1) is 0 Å². The summed E-state index contributed by atoms with van der Waals surface area (Å²) in [6.07, 6.45) is -0.324. The molecule has 0 bridgehead atoms. The summed E-state index contributed by atoms with van der Waals surface area (Å²) in [6.45, 7) is 7.92. The zero-order valence-electron chi connectivity index (χ0n) is 19.0. The monoisotopic (exact) mass is 441 g/mol. The third kappa shape index (κ3) is 9.07. The molecule has 0 saturated carbocycles. The number of anilines is 2. The summed E-state index contributed by atoms with van der Waals surface area (Å²) in [7, 11) is 0. The van der Waals surface area contributed by atoms with Crippen LogP contribution in [0.25, 0.3) is 0 Å². The van der Waals surface area contributed by atoms with Crippen molar-refractivity contribution in [2.24, 2.45) is 0 Å². The van der Waals surface area contributed by atoms with Crippen LogP contribution in [0.5, 0.6) is 5.75 Å². The second kappa shape index (κ2) is 11.7. The first-order valence-electron chi connectivity index (χ1n) is 10.5. The van der Waals surface area contributed by atoms with Crippen LogP contribution in [0.4, 0.5) is 16.2 Å². The van der Waals surface area contributed by atoms with Crippen molar-refractivity contribution in [1.82, 2.24) is 5.32 Å². The number of rotatable bonds is 9. The molecule has 0 aliphatic rings. The molecule has 3 amide bonds. The number of nitrogens with one attached hydrogen (secondary N) is 3. The minimum Gasteiger partial charge on any atom is -0.494 e. The van der Waals surface area contributed by atoms with Crippen molar-refractivity contribution >= 4 is 29.3 Å². The second-order valence-corrected chi connectivity index (χ2v) is 8.07. The van der Waals surface area contributed by atoms with E-state index in [-0.39, 0.29) is 31.2 Å². The number of hydrogen-bond donors (Lipinski definition) is 3. The number of para-hydroxylation sites is 2. The van der Waals surface area contributed by atoms with Crippen molar-refractivity contribution in [2.45, 2.75) is 46.1 Å². The number of amides is 3. The highest BCUT2D eigenvalue weighted by Gasteiger charge is 2.16. The second-order valence-electron chi connectivity index (χ2n) is 8.07. The molecule has 0 saturated heterocycles. The molecule has 0 aliphatic heterocycles. The zero-order chi connectivity index (χ0) is 23.6. The van der Waals surface area contributed by atoms with Gasteiger partial charge in [0, 0.05) is 13.0 Å². The van der Waals surface area contributed by atoms with E-state index in [4.69, 9.17) is 9.47 Å². The molecule has 0 spiro atoms. The molecule has 0 unspecified atom stereocenters. The number of alkyl carbamates (subject to hydrolysis) is 1. The maximum Gasteiger partial charge on any atom is 0.407 e. The summed E-state index contributed by atoms with van der Waals surface area (Å²) in [5.41, 5.74) is 1.22. The maximum atomic E-state index is 12.5. The fraction of sp³-hybridized carbons (Fsp3) is 0.375. The van der Waals surface area contributed by atoms with Crippen LogP contribution in [0.2, 0.25) is 0 Å². The third-order valence-corrected chi connectivity index (χ3v) is 4.09. The quantitative estimate of drug-likeness (QED) is 0.543. The van der Waals surface area contributed by atoms with Crippen molar-refractivity contribution in [1.29, 1.82) is 0 Å². The summed E-state index contributed by atoms with van der Waals surface area (Å²) in [5, 5.41) is 8.13. The molecule has 0 aliphatic carbocycles. The van der Waals surface area contributed by atoms with Gasteiger partial charge < -0.3 is 25.4 Å². The molecular formula is C24H31N3O5. The van der Waals surface area contributed by atoms with Gasteiger partial charge in [-0.25, -0.2) is 4.79 Å². The Labute approximate surface area is 188 Å². The smallest absolute Gasteiger partial charge is 0.407 e. The standard InChI is InChI=1S/C24H31N3O5/c1-5-31-18-12-10-17(11-13-18)16-22(29)27-20-9-7-6-8-19(20)26-21(28)14-15-25-23(30)32-24(2,3)4/h6-13H,5,14-16H2,1-4H3,(H,25,30)(H,26,28)(H,27,29). The lowest BCUT2D eigenvalue weighted by Crippen LogP contribution is -2.34. The van der Waals surface area contributed by atoms with E-state index < -0.39 is 11.7 Å². The normalized spacial score (nSPS) is 10.8. The summed E-state index contributed by atoms with van der Waals surface area (Å²) >= 11 is 0. The summed E-state index contributed by atoms with van der Waals surface area (Å²) in [5.74, 6) is 0.252. The van der Waals surface area contributed by atoms with Crippen molar-refractivity contribution < 1.29 is 23.9 Å². The van der Waals surface area contributed by atoms with Gasteiger partial charge in [0.2, 0.25) is 11.8 Å². The largest absolute Gasteiger partial charge is 0.494 e. The van der Waals surface area contributed by atoms with Crippen LogP contribution in [-0.4, -0.2) is 36.7 Å². The molecule has 2 aromatic rings. The average molecular weight is 442 g/mol. The molecule has 8 heteroatoms. The van der Waals surface area contributed by atoms with E-state index >= 15 is 0 Å². The Hall–Kier alpha value is -3.55. The van der Waals surface area contributed by atoms with Gasteiger partial charge in [-0.2, -0.15) is 0 Å². The van der Waals surface area contributed by atoms with Crippen LogP contribution in [0.1, 0.15) is 39.7 Å². The van der Waals surface area contributed by atoms with Gasteiger partial charge >= 0.3 is 6.09 Å². The maximum absolute atomic E-state index is 12.5. The van der Waals surface area contributed by atoms with E-state index in [0.29, 0.717) is 18.0 Å². The van der Waals surface area contributed by atoms with E-state index in [1.165, 1.54) is 0 Å². The van der Waals surface area contributed by atoms with E-state index in [1.807, 2.05) is 31.2 Å². The fourth-order valence-electron chi connectivity index (χ4n) is 2.76. The highest BCUT2D eigenvalue weighted by Crippen LogP contribution is 2.22. The van der Waals surface area contributed by atoms with Crippen LogP contribution in [0.3, 0.4) is 0 Å². The van der Waals surface area contributed by atoms with E-state index in [1.54, 1.807) is 45.0 Å². The van der Waals surface area contributed by atoms with E-state index in [2.05, 4.69) is 16.0 Å². The van der Waals surface area contributed by atoms with Crippen molar-refractivity contribution in [2.75, 3.05) is 23.8 Å². The molecule has 0 fully saturated rings. The molecule has 2 rings (SSSR count). The van der Waals surface area contributed by atoms with Crippen LogP contribution < -0.4 is 20.7 Å². The first-order valence-corrected chi connectivity index (χ1v) is 10.5. The highest BCUT2D eigenvalue weighted by atomic mass is 16.6. The number of hydrogen-bond acceptors (Lipinski definition) is 5. The van der Waals surface area contributed by atoms with Gasteiger partial charge in [-0.05, 0) is 57.5 Å². The van der Waals surface area contributed by atoms with Crippen molar-refractivity contribution in [3.63, 3.8) is 0 Å². The first-order chi connectivity index (χ1) is 15.2. The molecule has 172 valence electrons. The Morgan fingerprint density at radius 2 is 1.47 bits per heavy atom. The summed E-state index contributed by atoms with van der Waals surface area (Å²) in [4.78, 5) is 36.4. The molecule has 0 atom stereocenters. The molecule has 0 radical (unpaired) electrons. The summed E-state index contributed by atoms with van der Waals surface area (Å²) in [6, 6.07) is 14.3. The Balaban J connectivity index is 1.86. The predicted molar refractivity (Wildman–Crippen MR) is 124 cm³/mol. The lowest BCUT2D eigenvalue weighted by molar-refractivity contribution is -0.116. The number of benzene rings is 2. The van der Waals surface area contributed by atoms with Gasteiger partial charge in [-0.3, -0.25) is 9.59 Å². The molecule has 8 nitrogen and oxygen atoms in total. The number of ether oxygens (including phenoxy) is 2. The van der Waals surface area contributed by atoms with Crippen molar-refractivity contribution in [3.05, 3.63) is 54.1 Å². The van der Waals surface area contributed by atoms with Gasteiger partial charge in [0.1, 0.15) is 11.4 Å². The minimum absolute atomic E-state index is 0.0632. The average Bonchev–Trinajstić information content (AvgIpc) is 2.70. The Bertz CT molecular complexity index is 920. The lowest BCUT2D eigenvalue weighted by Gasteiger charge is -2.19. The van der Waals surface area contributed by atoms with Crippen LogP contribution in [0, 0.1) is 0 Å². The third-order valence-electron chi connectivity index (χ3n) is 4.09. The molecule has 0 heterocycles. The van der Waals surface area contributed by atoms with E-state index in [0.717, 1.165) is 11.3 Å². The lowest BCUT2D eigenvalue weighted by atomic mass is 10.1. The van der Waals surface area contributed by atoms with E-state index in [9.17, 15) is 14.4 Å². The van der Waals surface area contributed by atoms with Crippen molar-refractivity contribution in [3.8, 4) is 5.75 Å². The topological polar surface area (TPSA) is 106 Å². The molecule has 3 N–H and O–H groups in total. The predicted octanol–water partition coefficient (Wildman–Crippen LogP) is 4.12. The SMILES string of the molecule is CCOc1ccc(CC(=O)Nc2ccccc2NC(=O)CCNC(=O)OC(C)(C)C)cc1. The van der Waals surface area contributed by atoms with Gasteiger partial charge in [0.05, 0.1) is 24.4 Å².